The summed E-state index contributed by atoms with van der Waals surface area (Å²) in [5, 5.41) is 6.10. The van der Waals surface area contributed by atoms with E-state index in [9.17, 15) is 9.59 Å². The van der Waals surface area contributed by atoms with Gasteiger partial charge in [0.2, 0.25) is 5.91 Å². The molecule has 0 spiro atoms. The zero-order chi connectivity index (χ0) is 17.1. The van der Waals surface area contributed by atoms with Gasteiger partial charge in [-0.2, -0.15) is 0 Å². The average molecular weight is 345 g/mol. The number of halogens is 1. The quantitative estimate of drug-likeness (QED) is 0.899. The molecule has 0 saturated carbocycles. The molecule has 1 saturated heterocycles. The first-order valence-corrected chi connectivity index (χ1v) is 7.95. The van der Waals surface area contributed by atoms with Crippen LogP contribution in [0.2, 0.25) is 5.02 Å². The lowest BCUT2D eigenvalue weighted by molar-refractivity contribution is -0.117. The lowest BCUT2D eigenvalue weighted by atomic mass is 10.2. The summed E-state index contributed by atoms with van der Waals surface area (Å²) in [7, 11) is 0. The van der Waals surface area contributed by atoms with Gasteiger partial charge in [0.25, 0.3) is 0 Å². The van der Waals surface area contributed by atoms with E-state index in [1.807, 2.05) is 13.0 Å². The van der Waals surface area contributed by atoms with Crippen LogP contribution in [-0.2, 0) is 4.79 Å². The summed E-state index contributed by atoms with van der Waals surface area (Å²) in [5.74, 6) is 0.447. The molecule has 1 atom stereocenters. The van der Waals surface area contributed by atoms with Gasteiger partial charge in [-0.05, 0) is 48.9 Å². The number of aryl methyl sites for hydroxylation is 1. The molecular weight excluding hydrogens is 328 g/mol. The Kier molecular flexibility index (Phi) is 4.66. The summed E-state index contributed by atoms with van der Waals surface area (Å²) >= 11 is 5.87. The van der Waals surface area contributed by atoms with Gasteiger partial charge < -0.3 is 10.2 Å². The van der Waals surface area contributed by atoms with Crippen LogP contribution in [-0.4, -0.2) is 29.5 Å². The molecular formula is C17H17ClN4O2. The Morgan fingerprint density at radius 2 is 2.04 bits per heavy atom. The highest BCUT2D eigenvalue weighted by Crippen LogP contribution is 2.23. The summed E-state index contributed by atoms with van der Waals surface area (Å²) < 4.78 is 0. The smallest absolute Gasteiger partial charge is 0.320 e. The molecule has 0 aliphatic carbocycles. The molecule has 1 aromatic heterocycles. The summed E-state index contributed by atoms with van der Waals surface area (Å²) in [4.78, 5) is 30.0. The third kappa shape index (κ3) is 3.83. The van der Waals surface area contributed by atoms with E-state index in [1.165, 1.54) is 0 Å². The molecule has 24 heavy (non-hydrogen) atoms. The minimum atomic E-state index is -0.371. The number of benzene rings is 1. The Morgan fingerprint density at radius 1 is 1.29 bits per heavy atom. The highest BCUT2D eigenvalue weighted by molar-refractivity contribution is 6.30. The molecule has 1 aliphatic rings. The van der Waals surface area contributed by atoms with Crippen LogP contribution in [0.3, 0.4) is 0 Å². The predicted octanol–water partition coefficient (Wildman–Crippen LogP) is 2.97. The third-order valence-electron chi connectivity index (χ3n) is 3.76. The summed E-state index contributed by atoms with van der Waals surface area (Å²) in [6.07, 6.45) is 1.89. The third-order valence-corrected chi connectivity index (χ3v) is 4.01. The number of carbonyl (C=O) groups excluding carboxylic acids is 2. The van der Waals surface area contributed by atoms with E-state index in [1.54, 1.807) is 41.4 Å². The fraction of sp³-hybridized carbons (Fsp3) is 0.235. The lowest BCUT2D eigenvalue weighted by Crippen LogP contribution is -2.39. The van der Waals surface area contributed by atoms with Crippen molar-refractivity contribution in [1.82, 2.24) is 10.3 Å². The van der Waals surface area contributed by atoms with Gasteiger partial charge in [0, 0.05) is 29.9 Å². The fourth-order valence-corrected chi connectivity index (χ4v) is 2.74. The molecule has 6 nitrogen and oxygen atoms in total. The predicted molar refractivity (Wildman–Crippen MR) is 93.3 cm³/mol. The largest absolute Gasteiger partial charge is 0.333 e. The van der Waals surface area contributed by atoms with Crippen molar-refractivity contribution in [2.45, 2.75) is 19.4 Å². The zero-order valence-corrected chi connectivity index (χ0v) is 13.9. The van der Waals surface area contributed by atoms with E-state index >= 15 is 0 Å². The molecule has 2 aromatic rings. The topological polar surface area (TPSA) is 74.3 Å². The molecule has 124 valence electrons. The number of rotatable bonds is 3. The second kappa shape index (κ2) is 6.88. The Bertz CT molecular complexity index is 763. The highest BCUT2D eigenvalue weighted by atomic mass is 35.5. The van der Waals surface area contributed by atoms with Crippen LogP contribution >= 0.6 is 11.6 Å². The highest BCUT2D eigenvalue weighted by Gasteiger charge is 2.31. The molecule has 2 heterocycles. The summed E-state index contributed by atoms with van der Waals surface area (Å²) in [5.41, 5.74) is 1.78. The van der Waals surface area contributed by atoms with E-state index in [0.717, 1.165) is 11.3 Å². The monoisotopic (exact) mass is 344 g/mol. The van der Waals surface area contributed by atoms with Crippen LogP contribution in [0.4, 0.5) is 16.3 Å². The number of carbonyl (C=O) groups is 2. The van der Waals surface area contributed by atoms with Crippen molar-refractivity contribution in [3.05, 3.63) is 53.2 Å². The molecule has 3 rings (SSSR count). The zero-order valence-electron chi connectivity index (χ0n) is 13.1. The number of nitrogens with one attached hydrogen (secondary N) is 2. The van der Waals surface area contributed by atoms with Gasteiger partial charge in [-0.25, -0.2) is 9.78 Å². The second-order valence-electron chi connectivity index (χ2n) is 5.70. The fourth-order valence-electron chi connectivity index (χ4n) is 2.62. The van der Waals surface area contributed by atoms with Crippen molar-refractivity contribution in [3.8, 4) is 0 Å². The van der Waals surface area contributed by atoms with Crippen molar-refractivity contribution in [2.24, 2.45) is 0 Å². The van der Waals surface area contributed by atoms with Crippen LogP contribution in [0.25, 0.3) is 0 Å². The van der Waals surface area contributed by atoms with Gasteiger partial charge >= 0.3 is 6.03 Å². The van der Waals surface area contributed by atoms with Gasteiger partial charge in [-0.1, -0.05) is 11.6 Å². The molecule has 3 amide bonds. The standard InChI is InChI=1S/C17H17ClN4O2/c1-11-6-7-19-15(8-11)21-17(24)20-13-9-16(23)22(10-13)14-4-2-12(18)3-5-14/h2-8,13H,9-10H2,1H3,(H2,19,20,21,24). The lowest BCUT2D eigenvalue weighted by Gasteiger charge is -2.17. The normalized spacial score (nSPS) is 17.0. The van der Waals surface area contributed by atoms with E-state index < -0.39 is 0 Å². The Labute approximate surface area is 144 Å². The molecule has 2 N–H and O–H groups in total. The Balaban J connectivity index is 1.59. The van der Waals surface area contributed by atoms with Crippen LogP contribution < -0.4 is 15.5 Å². The Morgan fingerprint density at radius 3 is 2.75 bits per heavy atom. The van der Waals surface area contributed by atoms with E-state index in [4.69, 9.17) is 11.6 Å². The van der Waals surface area contributed by atoms with Crippen molar-refractivity contribution in [1.29, 1.82) is 0 Å². The van der Waals surface area contributed by atoms with E-state index in [2.05, 4.69) is 15.6 Å². The number of hydrogen-bond donors (Lipinski definition) is 2. The number of aromatic nitrogens is 1. The van der Waals surface area contributed by atoms with Crippen LogP contribution in [0.15, 0.2) is 42.6 Å². The second-order valence-corrected chi connectivity index (χ2v) is 6.14. The van der Waals surface area contributed by atoms with E-state index in [-0.39, 0.29) is 24.4 Å². The number of nitrogens with zero attached hydrogens (tertiary/aromatic N) is 2. The molecule has 1 aromatic carbocycles. The van der Waals surface area contributed by atoms with Gasteiger partial charge in [0.1, 0.15) is 5.82 Å². The maximum Gasteiger partial charge on any atom is 0.320 e. The molecule has 7 heteroatoms. The van der Waals surface area contributed by atoms with Crippen molar-refractivity contribution >= 4 is 35.0 Å². The number of pyridine rings is 1. The molecule has 1 aliphatic heterocycles. The van der Waals surface area contributed by atoms with Gasteiger partial charge in [-0.15, -0.1) is 0 Å². The van der Waals surface area contributed by atoms with Crippen molar-refractivity contribution < 1.29 is 9.59 Å². The van der Waals surface area contributed by atoms with Crippen molar-refractivity contribution in [3.63, 3.8) is 0 Å². The SMILES string of the molecule is Cc1ccnc(NC(=O)NC2CC(=O)N(c3ccc(Cl)cc3)C2)c1. The molecule has 1 fully saturated rings. The average Bonchev–Trinajstić information content (AvgIpc) is 2.88. The first-order chi connectivity index (χ1) is 11.5. The van der Waals surface area contributed by atoms with Gasteiger partial charge in [0.15, 0.2) is 0 Å². The number of amides is 3. The maximum absolute atomic E-state index is 12.2. The van der Waals surface area contributed by atoms with Gasteiger partial charge in [0.05, 0.1) is 6.04 Å². The molecule has 0 bridgehead atoms. The first kappa shape index (κ1) is 16.3. The van der Waals surface area contributed by atoms with E-state index in [0.29, 0.717) is 17.4 Å². The summed E-state index contributed by atoms with van der Waals surface area (Å²) in [6.45, 7) is 2.35. The van der Waals surface area contributed by atoms with Gasteiger partial charge in [-0.3, -0.25) is 10.1 Å². The molecule has 0 radical (unpaired) electrons. The number of anilines is 2. The maximum atomic E-state index is 12.2. The minimum Gasteiger partial charge on any atom is -0.333 e. The van der Waals surface area contributed by atoms with Crippen LogP contribution in [0, 0.1) is 6.92 Å². The first-order valence-electron chi connectivity index (χ1n) is 7.57. The number of hydrogen-bond acceptors (Lipinski definition) is 3. The minimum absolute atomic E-state index is 0.0312. The van der Waals surface area contributed by atoms with Crippen LogP contribution in [0.5, 0.6) is 0 Å². The summed E-state index contributed by atoms with van der Waals surface area (Å²) in [6, 6.07) is 10.1. The van der Waals surface area contributed by atoms with Crippen molar-refractivity contribution in [2.75, 3.05) is 16.8 Å². The van der Waals surface area contributed by atoms with Crippen LogP contribution in [0.1, 0.15) is 12.0 Å². The number of urea groups is 1. The Hall–Kier alpha value is -2.60. The molecule has 1 unspecified atom stereocenters.